The first-order valence-corrected chi connectivity index (χ1v) is 6.17. The lowest BCUT2D eigenvalue weighted by Gasteiger charge is -2.10. The molecule has 2 rings (SSSR count). The number of furan rings is 1. The number of benzene rings is 1. The smallest absolute Gasteiger partial charge is 0.338 e. The van der Waals surface area contributed by atoms with E-state index in [4.69, 9.17) is 9.25 Å². The summed E-state index contributed by atoms with van der Waals surface area (Å²) in [4.78, 5) is 16.5. The minimum absolute atomic E-state index is 0.0358. The maximum Gasteiger partial charge on any atom is 0.338 e. The Bertz CT molecular complexity index is 513. The summed E-state index contributed by atoms with van der Waals surface area (Å²) in [6, 6.07) is 12.2. The van der Waals surface area contributed by atoms with Gasteiger partial charge in [-0.05, 0) is 17.7 Å². The molecule has 2 aromatic rings. The fourth-order valence-electron chi connectivity index (χ4n) is 1.57. The molecule has 1 aromatic heterocycles. The minimum Gasteiger partial charge on any atom is -0.467 e. The standard InChI is InChI=1S/C14H16N2O4/c17-12(13-7-4-8-19-13)9-15-14(18)16-20-10-11-5-2-1-3-6-11/h1-8,12,17H,9-10H2,(H2,15,16,18). The summed E-state index contributed by atoms with van der Waals surface area (Å²) in [5.74, 6) is 0.399. The number of nitrogens with one attached hydrogen (secondary N) is 2. The Labute approximate surface area is 116 Å². The highest BCUT2D eigenvalue weighted by molar-refractivity contribution is 5.72. The van der Waals surface area contributed by atoms with E-state index in [1.54, 1.807) is 12.1 Å². The van der Waals surface area contributed by atoms with Gasteiger partial charge < -0.3 is 14.8 Å². The van der Waals surface area contributed by atoms with Gasteiger partial charge in [0.15, 0.2) is 0 Å². The van der Waals surface area contributed by atoms with Gasteiger partial charge in [-0.3, -0.25) is 4.84 Å². The number of rotatable bonds is 6. The topological polar surface area (TPSA) is 83.7 Å². The van der Waals surface area contributed by atoms with Crippen LogP contribution >= 0.6 is 0 Å². The number of aliphatic hydroxyl groups is 1. The number of carbonyl (C=O) groups is 1. The van der Waals surface area contributed by atoms with Crippen LogP contribution in [-0.2, 0) is 11.4 Å². The van der Waals surface area contributed by atoms with Crippen LogP contribution in [0.25, 0.3) is 0 Å². The molecule has 6 heteroatoms. The van der Waals surface area contributed by atoms with Crippen molar-refractivity contribution in [3.05, 3.63) is 60.1 Å². The Morgan fingerprint density at radius 1 is 1.25 bits per heavy atom. The van der Waals surface area contributed by atoms with Crippen LogP contribution < -0.4 is 10.8 Å². The fraction of sp³-hybridized carbons (Fsp3) is 0.214. The van der Waals surface area contributed by atoms with E-state index in [1.165, 1.54) is 6.26 Å². The van der Waals surface area contributed by atoms with Crippen LogP contribution in [0, 0.1) is 0 Å². The summed E-state index contributed by atoms with van der Waals surface area (Å²) in [6.45, 7) is 0.309. The van der Waals surface area contributed by atoms with E-state index >= 15 is 0 Å². The molecule has 1 aromatic carbocycles. The van der Waals surface area contributed by atoms with Crippen LogP contribution in [0.1, 0.15) is 17.4 Å². The Morgan fingerprint density at radius 3 is 2.75 bits per heavy atom. The molecule has 0 saturated heterocycles. The van der Waals surface area contributed by atoms with Crippen molar-refractivity contribution in [2.45, 2.75) is 12.7 Å². The second kappa shape index (κ2) is 7.32. The molecule has 2 amide bonds. The summed E-state index contributed by atoms with van der Waals surface area (Å²) < 4.78 is 5.01. The molecule has 20 heavy (non-hydrogen) atoms. The third-order valence-electron chi connectivity index (χ3n) is 2.57. The molecule has 0 aliphatic heterocycles. The minimum atomic E-state index is -0.884. The predicted octanol–water partition coefficient (Wildman–Crippen LogP) is 1.74. The van der Waals surface area contributed by atoms with Crippen molar-refractivity contribution in [1.82, 2.24) is 10.8 Å². The van der Waals surface area contributed by atoms with Gasteiger partial charge in [0.2, 0.25) is 0 Å². The van der Waals surface area contributed by atoms with Crippen molar-refractivity contribution in [1.29, 1.82) is 0 Å². The molecule has 0 saturated carbocycles. The van der Waals surface area contributed by atoms with E-state index < -0.39 is 12.1 Å². The van der Waals surface area contributed by atoms with Crippen LogP contribution in [0.2, 0.25) is 0 Å². The Hall–Kier alpha value is -2.31. The molecule has 0 fully saturated rings. The summed E-state index contributed by atoms with van der Waals surface area (Å²) in [6.07, 6.45) is 0.576. The highest BCUT2D eigenvalue weighted by atomic mass is 16.7. The first-order chi connectivity index (χ1) is 9.75. The molecular weight excluding hydrogens is 260 g/mol. The van der Waals surface area contributed by atoms with Crippen molar-refractivity contribution in [3.8, 4) is 0 Å². The van der Waals surface area contributed by atoms with E-state index in [0.717, 1.165) is 5.56 Å². The van der Waals surface area contributed by atoms with Gasteiger partial charge in [0.25, 0.3) is 0 Å². The molecule has 1 unspecified atom stereocenters. The number of urea groups is 1. The molecule has 0 aliphatic carbocycles. The van der Waals surface area contributed by atoms with Crippen LogP contribution in [0.5, 0.6) is 0 Å². The molecular formula is C14H16N2O4. The van der Waals surface area contributed by atoms with Crippen molar-refractivity contribution in [2.24, 2.45) is 0 Å². The number of aliphatic hydroxyl groups excluding tert-OH is 1. The van der Waals surface area contributed by atoms with Crippen molar-refractivity contribution in [3.63, 3.8) is 0 Å². The number of hydrogen-bond acceptors (Lipinski definition) is 4. The molecule has 0 radical (unpaired) electrons. The number of amides is 2. The van der Waals surface area contributed by atoms with E-state index in [1.807, 2.05) is 30.3 Å². The second-order valence-corrected chi connectivity index (χ2v) is 4.12. The number of hydrogen-bond donors (Lipinski definition) is 3. The lowest BCUT2D eigenvalue weighted by atomic mass is 10.2. The molecule has 1 atom stereocenters. The van der Waals surface area contributed by atoms with Crippen molar-refractivity contribution < 1.29 is 19.2 Å². The molecule has 1 heterocycles. The van der Waals surface area contributed by atoms with Gasteiger partial charge in [-0.2, -0.15) is 0 Å². The summed E-state index contributed by atoms with van der Waals surface area (Å²) in [7, 11) is 0. The van der Waals surface area contributed by atoms with Crippen molar-refractivity contribution in [2.75, 3.05) is 6.54 Å². The van der Waals surface area contributed by atoms with Gasteiger partial charge in [-0.15, -0.1) is 0 Å². The van der Waals surface area contributed by atoms with E-state index in [0.29, 0.717) is 5.76 Å². The number of carbonyl (C=O) groups excluding carboxylic acids is 1. The van der Waals surface area contributed by atoms with Crippen LogP contribution in [0.3, 0.4) is 0 Å². The van der Waals surface area contributed by atoms with Gasteiger partial charge >= 0.3 is 6.03 Å². The SMILES string of the molecule is O=C(NCC(O)c1ccco1)NOCc1ccccc1. The third kappa shape index (κ3) is 4.42. The largest absolute Gasteiger partial charge is 0.467 e. The maximum atomic E-state index is 11.4. The molecule has 0 bridgehead atoms. The zero-order valence-electron chi connectivity index (χ0n) is 10.8. The average Bonchev–Trinajstić information content (AvgIpc) is 3.00. The van der Waals surface area contributed by atoms with Crippen LogP contribution in [0.15, 0.2) is 53.1 Å². The highest BCUT2D eigenvalue weighted by Crippen LogP contribution is 2.11. The monoisotopic (exact) mass is 276 g/mol. The molecule has 0 spiro atoms. The van der Waals surface area contributed by atoms with E-state index in [2.05, 4.69) is 10.8 Å². The predicted molar refractivity (Wildman–Crippen MR) is 71.4 cm³/mol. The molecule has 0 aliphatic rings. The zero-order valence-corrected chi connectivity index (χ0v) is 10.8. The Balaban J connectivity index is 1.63. The van der Waals surface area contributed by atoms with E-state index in [-0.39, 0.29) is 13.2 Å². The first-order valence-electron chi connectivity index (χ1n) is 6.17. The first kappa shape index (κ1) is 14.1. The second-order valence-electron chi connectivity index (χ2n) is 4.12. The van der Waals surface area contributed by atoms with Crippen LogP contribution in [-0.4, -0.2) is 17.7 Å². The van der Waals surface area contributed by atoms with Gasteiger partial charge in [0, 0.05) is 0 Å². The number of hydroxylamine groups is 1. The quantitative estimate of drug-likeness (QED) is 0.702. The summed E-state index contributed by atoms with van der Waals surface area (Å²) >= 11 is 0. The molecule has 106 valence electrons. The lowest BCUT2D eigenvalue weighted by molar-refractivity contribution is 0.0473. The van der Waals surface area contributed by atoms with Gasteiger partial charge in [0.05, 0.1) is 19.4 Å². The Morgan fingerprint density at radius 2 is 2.05 bits per heavy atom. The molecule has 6 nitrogen and oxygen atoms in total. The fourth-order valence-corrected chi connectivity index (χ4v) is 1.57. The molecule has 3 N–H and O–H groups in total. The normalized spacial score (nSPS) is 11.8. The van der Waals surface area contributed by atoms with Crippen molar-refractivity contribution >= 4 is 6.03 Å². The highest BCUT2D eigenvalue weighted by Gasteiger charge is 2.11. The Kier molecular flexibility index (Phi) is 5.16. The summed E-state index contributed by atoms with van der Waals surface area (Å²) in [5.41, 5.74) is 3.19. The van der Waals surface area contributed by atoms with Gasteiger partial charge in [-0.1, -0.05) is 30.3 Å². The van der Waals surface area contributed by atoms with E-state index in [9.17, 15) is 9.90 Å². The summed E-state index contributed by atoms with van der Waals surface area (Å²) in [5, 5.41) is 12.2. The average molecular weight is 276 g/mol. The zero-order chi connectivity index (χ0) is 14.2. The lowest BCUT2D eigenvalue weighted by Crippen LogP contribution is -2.37. The third-order valence-corrected chi connectivity index (χ3v) is 2.57. The maximum absolute atomic E-state index is 11.4. The van der Waals surface area contributed by atoms with Crippen LogP contribution in [0.4, 0.5) is 4.79 Å². The van der Waals surface area contributed by atoms with Gasteiger partial charge in [0.1, 0.15) is 11.9 Å². The van der Waals surface area contributed by atoms with Gasteiger partial charge in [-0.25, -0.2) is 10.3 Å².